The van der Waals surface area contributed by atoms with Crippen molar-refractivity contribution in [3.63, 3.8) is 0 Å². The van der Waals surface area contributed by atoms with Crippen LogP contribution in [0, 0.1) is 11.8 Å². The molecular formula is C19H22ClNO3. The smallest absolute Gasteiger partial charge is 0.332 e. The van der Waals surface area contributed by atoms with Crippen LogP contribution < -0.4 is 0 Å². The zero-order chi connectivity index (χ0) is 17.1. The lowest BCUT2D eigenvalue weighted by Crippen LogP contribution is -2.29. The standard InChI is InChI=1S/C19H22ClNO3/c20-17-7-5-13(6-8-17)9-16(19(23)24)10-18(22)21-11-14-3-1-2-4-15(14)12-21/h5-9,14-15H,1-4,10-12H2,(H,23,24). The zero-order valence-corrected chi connectivity index (χ0v) is 14.3. The molecule has 1 N–H and O–H groups in total. The number of nitrogens with zero attached hydrogens (tertiary/aromatic N) is 1. The minimum atomic E-state index is -1.05. The van der Waals surface area contributed by atoms with Gasteiger partial charge in [-0.3, -0.25) is 4.79 Å². The largest absolute Gasteiger partial charge is 0.478 e. The third-order valence-electron chi connectivity index (χ3n) is 5.16. The van der Waals surface area contributed by atoms with Gasteiger partial charge in [-0.1, -0.05) is 36.6 Å². The van der Waals surface area contributed by atoms with Gasteiger partial charge in [0.2, 0.25) is 5.91 Å². The Bertz CT molecular complexity index is 639. The number of aliphatic carboxylic acids is 1. The van der Waals surface area contributed by atoms with Crippen molar-refractivity contribution in [2.45, 2.75) is 32.1 Å². The summed E-state index contributed by atoms with van der Waals surface area (Å²) in [5.74, 6) is 0.0920. The number of benzene rings is 1. The van der Waals surface area contributed by atoms with Crippen LogP contribution in [0.5, 0.6) is 0 Å². The fourth-order valence-electron chi connectivity index (χ4n) is 3.83. The fourth-order valence-corrected chi connectivity index (χ4v) is 3.96. The van der Waals surface area contributed by atoms with E-state index in [4.69, 9.17) is 11.6 Å². The highest BCUT2D eigenvalue weighted by Crippen LogP contribution is 2.36. The Labute approximate surface area is 147 Å². The Morgan fingerprint density at radius 2 is 1.71 bits per heavy atom. The van der Waals surface area contributed by atoms with E-state index in [9.17, 15) is 14.7 Å². The molecule has 1 heterocycles. The van der Waals surface area contributed by atoms with Crippen LogP contribution in [-0.2, 0) is 9.59 Å². The van der Waals surface area contributed by atoms with Crippen LogP contribution in [0.3, 0.4) is 0 Å². The second-order valence-electron chi connectivity index (χ2n) is 6.81. The van der Waals surface area contributed by atoms with Crippen molar-refractivity contribution in [1.82, 2.24) is 4.90 Å². The second kappa shape index (κ2) is 7.39. The number of halogens is 1. The lowest BCUT2D eigenvalue weighted by molar-refractivity contribution is -0.136. The molecule has 1 aliphatic heterocycles. The Balaban J connectivity index is 1.68. The van der Waals surface area contributed by atoms with Crippen LogP contribution in [0.4, 0.5) is 0 Å². The lowest BCUT2D eigenvalue weighted by Gasteiger charge is -2.22. The summed E-state index contributed by atoms with van der Waals surface area (Å²) in [5, 5.41) is 10.0. The average molecular weight is 348 g/mol. The third kappa shape index (κ3) is 3.99. The maximum atomic E-state index is 12.5. The van der Waals surface area contributed by atoms with Gasteiger partial charge in [-0.15, -0.1) is 0 Å². The summed E-state index contributed by atoms with van der Waals surface area (Å²) < 4.78 is 0. The van der Waals surface area contributed by atoms with Gasteiger partial charge in [0.25, 0.3) is 0 Å². The molecule has 5 heteroatoms. The van der Waals surface area contributed by atoms with Crippen molar-refractivity contribution >= 4 is 29.6 Å². The Hall–Kier alpha value is -1.81. The monoisotopic (exact) mass is 347 g/mol. The van der Waals surface area contributed by atoms with Crippen LogP contribution in [0.25, 0.3) is 6.08 Å². The van der Waals surface area contributed by atoms with E-state index < -0.39 is 5.97 Å². The molecule has 0 radical (unpaired) electrons. The number of carboxylic acid groups (broad SMARTS) is 1. The van der Waals surface area contributed by atoms with Gasteiger partial charge >= 0.3 is 5.97 Å². The molecule has 1 saturated heterocycles. The maximum absolute atomic E-state index is 12.5. The van der Waals surface area contributed by atoms with Gasteiger partial charge < -0.3 is 10.0 Å². The summed E-state index contributed by atoms with van der Waals surface area (Å²) in [5.41, 5.74) is 0.858. The molecule has 1 amide bonds. The zero-order valence-electron chi connectivity index (χ0n) is 13.6. The highest BCUT2D eigenvalue weighted by molar-refractivity contribution is 6.30. The van der Waals surface area contributed by atoms with Crippen molar-refractivity contribution in [3.05, 3.63) is 40.4 Å². The maximum Gasteiger partial charge on any atom is 0.332 e. The SMILES string of the molecule is O=C(O)C(=Cc1ccc(Cl)cc1)CC(=O)N1CC2CCCCC2C1. The minimum Gasteiger partial charge on any atom is -0.478 e. The van der Waals surface area contributed by atoms with Gasteiger partial charge in [0.05, 0.1) is 6.42 Å². The lowest BCUT2D eigenvalue weighted by atomic mass is 9.82. The van der Waals surface area contributed by atoms with E-state index in [1.54, 1.807) is 30.3 Å². The molecule has 2 aliphatic rings. The van der Waals surface area contributed by atoms with E-state index in [0.29, 0.717) is 16.9 Å². The first kappa shape index (κ1) is 17.0. The number of amides is 1. The molecule has 0 bridgehead atoms. The predicted octanol–water partition coefficient (Wildman–Crippen LogP) is 3.85. The molecule has 128 valence electrons. The van der Waals surface area contributed by atoms with Gasteiger partial charge in [0, 0.05) is 23.7 Å². The quantitative estimate of drug-likeness (QED) is 0.842. The molecule has 3 rings (SSSR count). The molecule has 2 fully saturated rings. The predicted molar refractivity (Wildman–Crippen MR) is 93.7 cm³/mol. The van der Waals surface area contributed by atoms with Gasteiger partial charge in [-0.25, -0.2) is 4.79 Å². The van der Waals surface area contributed by atoms with Crippen molar-refractivity contribution in [2.75, 3.05) is 13.1 Å². The first-order chi connectivity index (χ1) is 11.5. The summed E-state index contributed by atoms with van der Waals surface area (Å²) >= 11 is 5.84. The van der Waals surface area contributed by atoms with E-state index >= 15 is 0 Å². The number of fused-ring (bicyclic) bond motifs is 1. The molecule has 1 aliphatic carbocycles. The van der Waals surface area contributed by atoms with E-state index in [0.717, 1.165) is 18.7 Å². The van der Waals surface area contributed by atoms with Crippen molar-refractivity contribution in [3.8, 4) is 0 Å². The molecule has 0 aromatic heterocycles. The number of hydrogen-bond acceptors (Lipinski definition) is 2. The number of carboxylic acids is 1. The third-order valence-corrected chi connectivity index (χ3v) is 5.41. The van der Waals surface area contributed by atoms with Gasteiger partial charge in [0.1, 0.15) is 0 Å². The summed E-state index contributed by atoms with van der Waals surface area (Å²) in [6, 6.07) is 6.92. The number of carbonyl (C=O) groups is 2. The van der Waals surface area contributed by atoms with Crippen LogP contribution in [0.2, 0.25) is 5.02 Å². The molecule has 2 unspecified atom stereocenters. The summed E-state index contributed by atoms with van der Waals surface area (Å²) in [7, 11) is 0. The average Bonchev–Trinajstić information content (AvgIpc) is 3.00. The number of hydrogen-bond donors (Lipinski definition) is 1. The second-order valence-corrected chi connectivity index (χ2v) is 7.24. The molecule has 4 nitrogen and oxygen atoms in total. The Kier molecular flexibility index (Phi) is 5.24. The van der Waals surface area contributed by atoms with Crippen LogP contribution >= 0.6 is 11.6 Å². The first-order valence-corrected chi connectivity index (χ1v) is 8.88. The Morgan fingerprint density at radius 1 is 1.12 bits per heavy atom. The molecular weight excluding hydrogens is 326 g/mol. The van der Waals surface area contributed by atoms with Gasteiger partial charge in [0.15, 0.2) is 0 Å². The van der Waals surface area contributed by atoms with E-state index in [1.165, 1.54) is 25.7 Å². The van der Waals surface area contributed by atoms with Crippen LogP contribution in [0.1, 0.15) is 37.7 Å². The minimum absolute atomic E-state index is 0.0581. The highest BCUT2D eigenvalue weighted by atomic mass is 35.5. The van der Waals surface area contributed by atoms with Crippen LogP contribution in [-0.4, -0.2) is 35.0 Å². The first-order valence-electron chi connectivity index (χ1n) is 8.50. The summed E-state index contributed by atoms with van der Waals surface area (Å²) in [4.78, 5) is 25.9. The van der Waals surface area contributed by atoms with E-state index in [1.807, 2.05) is 4.90 Å². The molecule has 1 aromatic carbocycles. The molecule has 0 spiro atoms. The normalized spacial score (nSPS) is 23.9. The van der Waals surface area contributed by atoms with Crippen molar-refractivity contribution in [2.24, 2.45) is 11.8 Å². The van der Waals surface area contributed by atoms with Gasteiger partial charge in [-0.05, 0) is 48.4 Å². The fraction of sp³-hybridized carbons (Fsp3) is 0.474. The number of carbonyl (C=O) groups excluding carboxylic acids is 1. The van der Waals surface area contributed by atoms with E-state index in [-0.39, 0.29) is 17.9 Å². The molecule has 1 aromatic rings. The van der Waals surface area contributed by atoms with Crippen molar-refractivity contribution in [1.29, 1.82) is 0 Å². The number of likely N-dealkylation sites (tertiary alicyclic amines) is 1. The molecule has 2 atom stereocenters. The topological polar surface area (TPSA) is 57.6 Å². The summed E-state index contributed by atoms with van der Waals surface area (Å²) in [6.45, 7) is 1.58. The van der Waals surface area contributed by atoms with Crippen LogP contribution in [0.15, 0.2) is 29.8 Å². The highest BCUT2D eigenvalue weighted by Gasteiger charge is 2.36. The molecule has 24 heavy (non-hydrogen) atoms. The van der Waals surface area contributed by atoms with Gasteiger partial charge in [-0.2, -0.15) is 0 Å². The van der Waals surface area contributed by atoms with Crippen molar-refractivity contribution < 1.29 is 14.7 Å². The number of rotatable bonds is 4. The summed E-state index contributed by atoms with van der Waals surface area (Å²) in [6.07, 6.45) is 6.39. The van der Waals surface area contributed by atoms with E-state index in [2.05, 4.69) is 0 Å². The molecule has 1 saturated carbocycles. The Morgan fingerprint density at radius 3 is 2.25 bits per heavy atom.